The Morgan fingerprint density at radius 1 is 0.360 bits per heavy atom. The highest BCUT2D eigenvalue weighted by Gasteiger charge is 2.22. The average Bonchev–Trinajstić information content (AvgIpc) is 3.81. The average molecular weight is 635 g/mol. The second kappa shape index (κ2) is 9.43. The Morgan fingerprint density at radius 3 is 1.86 bits per heavy atom. The van der Waals surface area contributed by atoms with Crippen molar-refractivity contribution in [3.8, 4) is 17.2 Å². The predicted octanol–water partition coefficient (Wildman–Crippen LogP) is 11.9. The van der Waals surface area contributed by atoms with Crippen LogP contribution in [0.4, 0.5) is 0 Å². The van der Waals surface area contributed by atoms with Gasteiger partial charge in [0.25, 0.3) is 0 Å². The summed E-state index contributed by atoms with van der Waals surface area (Å²) in [7, 11) is 0. The largest absolute Gasteiger partial charge is 0.307 e. The lowest BCUT2D eigenvalue weighted by molar-refractivity contribution is 1.01. The number of nitrogens with zero attached hydrogens (tertiary/aromatic N) is 4. The van der Waals surface area contributed by atoms with E-state index in [0.29, 0.717) is 5.95 Å². The fourth-order valence-electron chi connectivity index (χ4n) is 8.71. The molecule has 0 saturated carbocycles. The topological polar surface area (TPSA) is 35.1 Å². The highest BCUT2D eigenvalue weighted by atomic mass is 15.2. The number of para-hydroxylation sites is 4. The quantitative estimate of drug-likeness (QED) is 0.190. The summed E-state index contributed by atoms with van der Waals surface area (Å²) in [6, 6.07) is 56.9. The van der Waals surface area contributed by atoms with Crippen LogP contribution in [0, 0.1) is 0 Å². The third-order valence-corrected chi connectivity index (χ3v) is 10.8. The molecule has 0 unspecified atom stereocenters. The van der Waals surface area contributed by atoms with Gasteiger partial charge in [0, 0.05) is 48.7 Å². The molecule has 0 atom stereocenters. The van der Waals surface area contributed by atoms with E-state index in [1.807, 2.05) is 0 Å². The lowest BCUT2D eigenvalue weighted by Crippen LogP contribution is -2.03. The lowest BCUT2D eigenvalue weighted by atomic mass is 9.99. The van der Waals surface area contributed by atoms with Crippen LogP contribution in [0.2, 0.25) is 0 Å². The van der Waals surface area contributed by atoms with Crippen LogP contribution in [-0.2, 0) is 0 Å². The molecular formula is C46H26N4. The Hall–Kier alpha value is -6.78. The van der Waals surface area contributed by atoms with Crippen molar-refractivity contribution in [2.24, 2.45) is 0 Å². The Balaban J connectivity index is 1.21. The molecule has 0 aliphatic heterocycles. The van der Waals surface area contributed by atoms with Gasteiger partial charge >= 0.3 is 0 Å². The fourth-order valence-corrected chi connectivity index (χ4v) is 8.71. The Kier molecular flexibility index (Phi) is 4.94. The van der Waals surface area contributed by atoms with Gasteiger partial charge in [0.1, 0.15) is 0 Å². The first-order valence-electron chi connectivity index (χ1n) is 17.1. The summed E-state index contributed by atoms with van der Waals surface area (Å²) in [6.07, 6.45) is 0. The molecule has 12 aromatic rings. The molecule has 4 aromatic heterocycles. The molecule has 230 valence electrons. The van der Waals surface area contributed by atoms with Crippen LogP contribution in [0.1, 0.15) is 0 Å². The van der Waals surface area contributed by atoms with E-state index in [2.05, 4.69) is 167 Å². The van der Waals surface area contributed by atoms with Crippen molar-refractivity contribution < 1.29 is 0 Å². The van der Waals surface area contributed by atoms with Crippen molar-refractivity contribution in [3.63, 3.8) is 0 Å². The summed E-state index contributed by atoms with van der Waals surface area (Å²) in [4.78, 5) is 10.7. The molecule has 0 N–H and O–H groups in total. The Morgan fingerprint density at radius 2 is 0.980 bits per heavy atom. The van der Waals surface area contributed by atoms with Gasteiger partial charge in [0.05, 0.1) is 38.8 Å². The molecule has 0 spiro atoms. The molecule has 0 radical (unpaired) electrons. The van der Waals surface area contributed by atoms with Gasteiger partial charge in [0.15, 0.2) is 0 Å². The SMILES string of the molecule is c1ccc2c(-c3nc(-n4c5ccccc5c5cc6c(ccc7c8cccc9c%10ccccc%10n(c67)c98)cc54)nc4ccccc34)cccc2c1. The first-order chi connectivity index (χ1) is 24.8. The van der Waals surface area contributed by atoms with Gasteiger partial charge < -0.3 is 4.40 Å². The van der Waals surface area contributed by atoms with Gasteiger partial charge in [-0.05, 0) is 46.5 Å². The van der Waals surface area contributed by atoms with E-state index in [9.17, 15) is 0 Å². The number of fused-ring (bicyclic) bond motifs is 13. The van der Waals surface area contributed by atoms with Crippen LogP contribution < -0.4 is 0 Å². The second-order valence-corrected chi connectivity index (χ2v) is 13.4. The summed E-state index contributed by atoms with van der Waals surface area (Å²) in [5.41, 5.74) is 8.95. The van der Waals surface area contributed by atoms with E-state index < -0.39 is 0 Å². The second-order valence-electron chi connectivity index (χ2n) is 13.4. The summed E-state index contributed by atoms with van der Waals surface area (Å²) < 4.78 is 4.75. The zero-order valence-corrected chi connectivity index (χ0v) is 26.8. The summed E-state index contributed by atoms with van der Waals surface area (Å²) in [5, 5.41) is 13.4. The Labute approximate surface area is 285 Å². The van der Waals surface area contributed by atoms with Gasteiger partial charge in [-0.3, -0.25) is 4.57 Å². The minimum atomic E-state index is 0.670. The first kappa shape index (κ1) is 26.2. The van der Waals surface area contributed by atoms with E-state index >= 15 is 0 Å². The van der Waals surface area contributed by atoms with Crippen molar-refractivity contribution in [1.82, 2.24) is 18.9 Å². The number of benzene rings is 8. The van der Waals surface area contributed by atoms with E-state index in [1.165, 1.54) is 70.4 Å². The maximum atomic E-state index is 5.43. The molecule has 0 amide bonds. The minimum Gasteiger partial charge on any atom is -0.307 e. The molecule has 0 aliphatic rings. The van der Waals surface area contributed by atoms with E-state index in [-0.39, 0.29) is 0 Å². The normalized spacial score (nSPS) is 12.4. The zero-order valence-electron chi connectivity index (χ0n) is 26.8. The zero-order chi connectivity index (χ0) is 32.5. The van der Waals surface area contributed by atoms with Crippen LogP contribution >= 0.6 is 0 Å². The molecule has 0 aliphatic carbocycles. The number of hydrogen-bond donors (Lipinski definition) is 0. The molecular weight excluding hydrogens is 609 g/mol. The molecule has 50 heavy (non-hydrogen) atoms. The maximum Gasteiger partial charge on any atom is 0.235 e. The molecule has 8 aromatic carbocycles. The summed E-state index contributed by atoms with van der Waals surface area (Å²) >= 11 is 0. The molecule has 0 bridgehead atoms. The number of aromatic nitrogens is 4. The molecule has 4 nitrogen and oxygen atoms in total. The summed E-state index contributed by atoms with van der Waals surface area (Å²) in [5.74, 6) is 0.670. The molecule has 4 heteroatoms. The van der Waals surface area contributed by atoms with E-state index in [0.717, 1.165) is 33.2 Å². The van der Waals surface area contributed by atoms with Crippen molar-refractivity contribution in [2.75, 3.05) is 0 Å². The smallest absolute Gasteiger partial charge is 0.235 e. The number of hydrogen-bond acceptors (Lipinski definition) is 2. The van der Waals surface area contributed by atoms with Crippen molar-refractivity contribution >= 4 is 92.3 Å². The van der Waals surface area contributed by atoms with Crippen molar-refractivity contribution in [2.45, 2.75) is 0 Å². The minimum absolute atomic E-state index is 0.670. The van der Waals surface area contributed by atoms with Crippen LogP contribution in [0.15, 0.2) is 158 Å². The van der Waals surface area contributed by atoms with Crippen LogP contribution in [0.25, 0.3) is 110 Å². The fraction of sp³-hybridized carbons (Fsp3) is 0. The third kappa shape index (κ3) is 3.30. The van der Waals surface area contributed by atoms with E-state index in [1.54, 1.807) is 0 Å². The monoisotopic (exact) mass is 634 g/mol. The van der Waals surface area contributed by atoms with E-state index in [4.69, 9.17) is 9.97 Å². The standard InChI is InChI=1S/C46H26N4/c1-2-13-29-27(11-1)12-9-17-32(29)43-36-16-3-6-20-39(36)47-46(48-43)49-40-21-7-5-15-31(40)38-26-37-28(25-42(38)49)23-24-35-34-19-10-18-33-30-14-4-8-22-41(30)50(44(33)34)45(35)37/h1-26H. The van der Waals surface area contributed by atoms with Crippen molar-refractivity contribution in [1.29, 1.82) is 0 Å². The number of rotatable bonds is 2. The van der Waals surface area contributed by atoms with Gasteiger partial charge in [-0.25, -0.2) is 9.97 Å². The predicted molar refractivity (Wildman–Crippen MR) is 209 cm³/mol. The molecule has 4 heterocycles. The summed E-state index contributed by atoms with van der Waals surface area (Å²) in [6.45, 7) is 0. The van der Waals surface area contributed by atoms with Gasteiger partial charge in [-0.15, -0.1) is 0 Å². The first-order valence-corrected chi connectivity index (χ1v) is 17.1. The maximum absolute atomic E-state index is 5.43. The lowest BCUT2D eigenvalue weighted by Gasteiger charge is -2.13. The Bertz CT molecular complexity index is 3380. The molecule has 12 rings (SSSR count). The van der Waals surface area contributed by atoms with Crippen LogP contribution in [0.3, 0.4) is 0 Å². The molecule has 0 fully saturated rings. The van der Waals surface area contributed by atoms with Crippen LogP contribution in [-0.4, -0.2) is 18.9 Å². The third-order valence-electron chi connectivity index (χ3n) is 10.8. The van der Waals surface area contributed by atoms with Gasteiger partial charge in [-0.2, -0.15) is 0 Å². The highest BCUT2D eigenvalue weighted by Crippen LogP contribution is 2.43. The van der Waals surface area contributed by atoms with Crippen LogP contribution in [0.5, 0.6) is 0 Å². The highest BCUT2D eigenvalue weighted by molar-refractivity contribution is 6.28. The van der Waals surface area contributed by atoms with Gasteiger partial charge in [-0.1, -0.05) is 127 Å². The van der Waals surface area contributed by atoms with Gasteiger partial charge in [0.2, 0.25) is 5.95 Å². The van der Waals surface area contributed by atoms with Crippen molar-refractivity contribution in [3.05, 3.63) is 158 Å². The molecule has 0 saturated heterocycles.